The monoisotopic (exact) mass is 703 g/mol. The van der Waals surface area contributed by atoms with E-state index in [0.29, 0.717) is 12.1 Å². The van der Waals surface area contributed by atoms with Gasteiger partial charge in [-0.2, -0.15) is 5.26 Å². The molecule has 0 bridgehead atoms. The van der Waals surface area contributed by atoms with Crippen LogP contribution < -0.4 is 15.0 Å². The van der Waals surface area contributed by atoms with Gasteiger partial charge in [-0.3, -0.25) is 19.4 Å². The van der Waals surface area contributed by atoms with Gasteiger partial charge in [0.1, 0.15) is 23.1 Å². The molecule has 1 amide bonds. The summed E-state index contributed by atoms with van der Waals surface area (Å²) in [7, 11) is 5.22. The van der Waals surface area contributed by atoms with Crippen molar-refractivity contribution in [3.8, 4) is 28.7 Å². The maximum absolute atomic E-state index is 13.6. The number of nitriles is 1. The lowest BCUT2D eigenvalue weighted by molar-refractivity contribution is -0.129. The van der Waals surface area contributed by atoms with Crippen LogP contribution in [-0.4, -0.2) is 71.1 Å². The fourth-order valence-corrected chi connectivity index (χ4v) is 8.98. The molecule has 9 nitrogen and oxygen atoms in total. The molecule has 2 aromatic carbocycles. The van der Waals surface area contributed by atoms with E-state index >= 15 is 0 Å². The van der Waals surface area contributed by atoms with E-state index in [0.717, 1.165) is 97.7 Å². The highest BCUT2D eigenvalue weighted by Gasteiger charge is 2.51. The predicted octanol–water partition coefficient (Wildman–Crippen LogP) is 6.62. The molecule has 0 radical (unpaired) electrons. The van der Waals surface area contributed by atoms with E-state index in [1.165, 1.54) is 29.5 Å². The molecular formula is C43H53N5O4. The number of hydrogen-bond acceptors (Lipinski definition) is 7. The third-order valence-corrected chi connectivity index (χ3v) is 12.7. The van der Waals surface area contributed by atoms with E-state index in [2.05, 4.69) is 60.0 Å². The molecule has 1 saturated heterocycles. The Morgan fingerprint density at radius 1 is 1.02 bits per heavy atom. The van der Waals surface area contributed by atoms with Crippen LogP contribution in [0.2, 0.25) is 0 Å². The average Bonchev–Trinajstić information content (AvgIpc) is 3.91. The van der Waals surface area contributed by atoms with E-state index < -0.39 is 0 Å². The highest BCUT2D eigenvalue weighted by Crippen LogP contribution is 2.47. The summed E-state index contributed by atoms with van der Waals surface area (Å²) in [6, 6.07) is 12.9. The van der Waals surface area contributed by atoms with Crippen LogP contribution in [0.3, 0.4) is 0 Å². The number of ether oxygens (including phenoxy) is 2. The van der Waals surface area contributed by atoms with Crippen molar-refractivity contribution < 1.29 is 14.3 Å². The first-order valence-corrected chi connectivity index (χ1v) is 18.8. The van der Waals surface area contributed by atoms with Crippen LogP contribution in [0.15, 0.2) is 53.0 Å². The number of piperazine rings is 1. The van der Waals surface area contributed by atoms with Crippen LogP contribution in [0.4, 0.5) is 0 Å². The Morgan fingerprint density at radius 2 is 1.73 bits per heavy atom. The maximum atomic E-state index is 13.6. The second-order valence-corrected chi connectivity index (χ2v) is 16.0. The second-order valence-electron chi connectivity index (χ2n) is 16.0. The summed E-state index contributed by atoms with van der Waals surface area (Å²) in [5, 5.41) is 9.92. The number of hydrogen-bond donors (Lipinski definition) is 0. The lowest BCUT2D eigenvalue weighted by atomic mass is 9.69. The highest BCUT2D eigenvalue weighted by atomic mass is 16.5. The first-order chi connectivity index (χ1) is 24.9. The van der Waals surface area contributed by atoms with Gasteiger partial charge < -0.3 is 18.9 Å². The number of pyridine rings is 1. The number of fused-ring (bicyclic) bond motifs is 1. The number of nitrogens with zero attached hydrogens (tertiary/aromatic N) is 5. The van der Waals surface area contributed by atoms with Gasteiger partial charge in [0.25, 0.3) is 11.5 Å². The number of rotatable bonds is 9. The number of allylic oxidation sites excluding steroid dienone is 1. The average molecular weight is 704 g/mol. The SMILES string of the molecule is COc1cc(-c2cn(C)c(=O)c(C)c2C)cc(OC)c1CN1CCN(Cc2cccc3c2CCN(C(=O)/C(C#N)=C/C2(C)CCC2)C3C)C2(CC2)C1. The van der Waals surface area contributed by atoms with Gasteiger partial charge in [-0.15, -0.1) is 0 Å². The molecule has 4 aliphatic rings. The molecular weight excluding hydrogens is 651 g/mol. The Hall–Kier alpha value is -4.39. The molecule has 2 aliphatic heterocycles. The lowest BCUT2D eigenvalue weighted by Gasteiger charge is -2.43. The molecule has 3 heterocycles. The lowest BCUT2D eigenvalue weighted by Crippen LogP contribution is -2.54. The van der Waals surface area contributed by atoms with Crippen molar-refractivity contribution in [2.24, 2.45) is 12.5 Å². The van der Waals surface area contributed by atoms with Crippen molar-refractivity contribution in [3.63, 3.8) is 0 Å². The van der Waals surface area contributed by atoms with Gasteiger partial charge in [-0.1, -0.05) is 37.6 Å². The summed E-state index contributed by atoms with van der Waals surface area (Å²) < 4.78 is 13.6. The van der Waals surface area contributed by atoms with E-state index in [-0.39, 0.29) is 28.5 Å². The Morgan fingerprint density at radius 3 is 2.35 bits per heavy atom. The van der Waals surface area contributed by atoms with E-state index in [9.17, 15) is 14.9 Å². The minimum atomic E-state index is -0.132. The van der Waals surface area contributed by atoms with Gasteiger partial charge in [0.05, 0.1) is 25.8 Å². The molecule has 1 aromatic heterocycles. The Labute approximate surface area is 308 Å². The molecule has 2 saturated carbocycles. The van der Waals surface area contributed by atoms with Gasteiger partial charge >= 0.3 is 0 Å². The number of aromatic nitrogens is 1. The van der Waals surface area contributed by atoms with Crippen molar-refractivity contribution in [2.45, 2.75) is 90.9 Å². The predicted molar refractivity (Wildman–Crippen MR) is 203 cm³/mol. The molecule has 7 rings (SSSR count). The molecule has 1 spiro atoms. The smallest absolute Gasteiger partial charge is 0.264 e. The third-order valence-electron chi connectivity index (χ3n) is 12.7. The number of carbonyl (C=O) groups excluding carboxylic acids is 1. The Balaban J connectivity index is 1.06. The number of methoxy groups -OCH3 is 2. The minimum Gasteiger partial charge on any atom is -0.496 e. The number of amides is 1. The quantitative estimate of drug-likeness (QED) is 0.183. The molecule has 1 atom stereocenters. The van der Waals surface area contributed by atoms with Crippen molar-refractivity contribution in [1.29, 1.82) is 5.26 Å². The minimum absolute atomic E-state index is 0.0155. The van der Waals surface area contributed by atoms with Gasteiger partial charge in [-0.05, 0) is 98.2 Å². The summed E-state index contributed by atoms with van der Waals surface area (Å²) in [5.74, 6) is 1.45. The Kier molecular flexibility index (Phi) is 9.60. The molecule has 52 heavy (non-hydrogen) atoms. The molecule has 3 aromatic rings. The number of benzene rings is 2. The number of aryl methyl sites for hydroxylation is 1. The molecule has 1 unspecified atom stereocenters. The highest BCUT2D eigenvalue weighted by molar-refractivity contribution is 5.97. The van der Waals surface area contributed by atoms with Crippen LogP contribution >= 0.6 is 0 Å². The molecule has 2 aliphatic carbocycles. The zero-order valence-corrected chi connectivity index (χ0v) is 32.0. The number of carbonyl (C=O) groups is 1. The summed E-state index contributed by atoms with van der Waals surface area (Å²) in [4.78, 5) is 33.3. The first-order valence-electron chi connectivity index (χ1n) is 18.8. The molecule has 274 valence electrons. The summed E-state index contributed by atoms with van der Waals surface area (Å²) in [6.07, 6.45) is 10.2. The topological polar surface area (TPSA) is 91.0 Å². The standard InChI is InChI=1S/C43H53N5O4/c1-28-29(2)40(49)45(5)25-36(28)32-20-38(51-6)37(39(21-32)52-7)26-46-18-19-47(43(27-46)15-16-43)24-31-10-8-11-34-30(3)48(17-12-35(31)34)41(50)33(23-44)22-42(4)13-9-14-42/h8,10-11,20-22,25,30H,9,12-19,24,26-27H2,1-7H3/b33-22+. The fraction of sp³-hybridized carbons (Fsp3) is 0.512. The summed E-state index contributed by atoms with van der Waals surface area (Å²) in [5.41, 5.74) is 9.07. The zero-order chi connectivity index (χ0) is 36.9. The molecule has 9 heteroatoms. The fourth-order valence-electron chi connectivity index (χ4n) is 8.98. The first kappa shape index (κ1) is 36.0. The van der Waals surface area contributed by atoms with E-state index in [1.807, 2.05) is 31.0 Å². The van der Waals surface area contributed by atoms with Crippen LogP contribution in [-0.2, 0) is 31.4 Å². The van der Waals surface area contributed by atoms with Crippen molar-refractivity contribution in [1.82, 2.24) is 19.3 Å². The van der Waals surface area contributed by atoms with Crippen molar-refractivity contribution in [2.75, 3.05) is 40.4 Å². The van der Waals surface area contributed by atoms with Crippen LogP contribution in [0.25, 0.3) is 11.1 Å². The van der Waals surface area contributed by atoms with E-state index in [1.54, 1.807) is 25.8 Å². The van der Waals surface area contributed by atoms with Crippen molar-refractivity contribution in [3.05, 3.63) is 91.9 Å². The van der Waals surface area contributed by atoms with Gasteiger partial charge in [0.15, 0.2) is 0 Å². The van der Waals surface area contributed by atoms with Crippen LogP contribution in [0.1, 0.15) is 85.4 Å². The maximum Gasteiger partial charge on any atom is 0.264 e. The van der Waals surface area contributed by atoms with Gasteiger partial charge in [0.2, 0.25) is 0 Å². The second kappa shape index (κ2) is 13.9. The largest absolute Gasteiger partial charge is 0.496 e. The zero-order valence-electron chi connectivity index (χ0n) is 32.0. The van der Waals surface area contributed by atoms with Crippen LogP contribution in [0, 0.1) is 30.6 Å². The van der Waals surface area contributed by atoms with Gasteiger partial charge in [0, 0.05) is 69.2 Å². The van der Waals surface area contributed by atoms with Crippen molar-refractivity contribution >= 4 is 5.91 Å². The van der Waals surface area contributed by atoms with Crippen LogP contribution in [0.5, 0.6) is 11.5 Å². The normalized spacial score (nSPS) is 20.9. The van der Waals surface area contributed by atoms with Gasteiger partial charge in [-0.25, -0.2) is 0 Å². The third kappa shape index (κ3) is 6.45. The van der Waals surface area contributed by atoms with E-state index in [4.69, 9.17) is 9.47 Å². The molecule has 3 fully saturated rings. The molecule has 0 N–H and O–H groups in total. The summed E-state index contributed by atoms with van der Waals surface area (Å²) >= 11 is 0. The summed E-state index contributed by atoms with van der Waals surface area (Å²) in [6.45, 7) is 13.3. The Bertz CT molecular complexity index is 2010.